The molecule has 1 heterocycles. The van der Waals surface area contributed by atoms with E-state index in [1.807, 2.05) is 0 Å². The maximum absolute atomic E-state index is 9.34. The minimum absolute atomic E-state index is 0.179. The molecule has 4 atom stereocenters. The molecule has 5 nitrogen and oxygen atoms in total. The lowest BCUT2D eigenvalue weighted by Gasteiger charge is -2.35. The molecule has 1 aliphatic heterocycles. The Balaban J connectivity index is 2.52. The average molecular weight is 177 g/mol. The molecule has 0 aliphatic carbocycles. The lowest BCUT2D eigenvalue weighted by atomic mass is 10.0. The van der Waals surface area contributed by atoms with E-state index in [0.717, 1.165) is 0 Å². The van der Waals surface area contributed by atoms with Crippen LogP contribution >= 0.6 is 0 Å². The van der Waals surface area contributed by atoms with Crippen molar-refractivity contribution in [2.45, 2.75) is 31.0 Å². The van der Waals surface area contributed by atoms with Crippen molar-refractivity contribution in [3.05, 3.63) is 0 Å². The Labute approximate surface area is 71.1 Å². The van der Waals surface area contributed by atoms with Gasteiger partial charge in [-0.05, 0) is 0 Å². The smallest absolute Gasteiger partial charge is 0.160 e. The molecule has 0 aromatic rings. The van der Waals surface area contributed by atoms with Gasteiger partial charge >= 0.3 is 0 Å². The molecule has 1 fully saturated rings. The van der Waals surface area contributed by atoms with Crippen LogP contribution < -0.4 is 5.73 Å². The maximum atomic E-state index is 9.34. The standard InChI is InChI=1S/C7H15NO4/c1-11-6-2-4(9)7(10)5(3-8)12-6/h4-7,9-10H,2-3,8H2,1H3/t4-,5-,6-,7+/m1/s1. The van der Waals surface area contributed by atoms with Gasteiger partial charge < -0.3 is 25.4 Å². The van der Waals surface area contributed by atoms with Crippen molar-refractivity contribution in [1.82, 2.24) is 0 Å². The minimum atomic E-state index is -0.901. The quantitative estimate of drug-likeness (QED) is 0.474. The first-order valence-corrected chi connectivity index (χ1v) is 3.93. The highest BCUT2D eigenvalue weighted by Crippen LogP contribution is 2.19. The lowest BCUT2D eigenvalue weighted by Crippen LogP contribution is -2.51. The number of methoxy groups -OCH3 is 1. The Morgan fingerprint density at radius 3 is 2.75 bits per heavy atom. The fourth-order valence-corrected chi connectivity index (χ4v) is 1.26. The molecule has 72 valence electrons. The summed E-state index contributed by atoms with van der Waals surface area (Å²) < 4.78 is 10.1. The van der Waals surface area contributed by atoms with Gasteiger partial charge in [-0.3, -0.25) is 0 Å². The number of hydrogen-bond donors (Lipinski definition) is 3. The predicted octanol–water partition coefficient (Wildman–Crippen LogP) is -1.57. The molecule has 0 bridgehead atoms. The molecule has 0 spiro atoms. The SMILES string of the molecule is CO[C@H]1C[C@@H](O)[C@H](O)[C@@H](CN)O1. The average Bonchev–Trinajstić information content (AvgIpc) is 2.09. The Morgan fingerprint density at radius 2 is 2.25 bits per heavy atom. The number of rotatable bonds is 2. The van der Waals surface area contributed by atoms with Crippen molar-refractivity contribution in [1.29, 1.82) is 0 Å². The van der Waals surface area contributed by atoms with E-state index < -0.39 is 24.6 Å². The molecule has 4 N–H and O–H groups in total. The zero-order valence-electron chi connectivity index (χ0n) is 7.01. The Kier molecular flexibility index (Phi) is 3.42. The van der Waals surface area contributed by atoms with Gasteiger partial charge in [0, 0.05) is 20.1 Å². The van der Waals surface area contributed by atoms with Crippen LogP contribution in [-0.2, 0) is 9.47 Å². The molecular formula is C7H15NO4. The summed E-state index contributed by atoms with van der Waals surface area (Å²) in [4.78, 5) is 0. The second kappa shape index (κ2) is 4.15. The third-order valence-electron chi connectivity index (χ3n) is 2.03. The number of hydrogen-bond acceptors (Lipinski definition) is 5. The summed E-state index contributed by atoms with van der Waals surface area (Å²) in [7, 11) is 1.49. The van der Waals surface area contributed by atoms with E-state index in [0.29, 0.717) is 0 Å². The van der Waals surface area contributed by atoms with Crippen molar-refractivity contribution >= 4 is 0 Å². The van der Waals surface area contributed by atoms with Gasteiger partial charge in [0.25, 0.3) is 0 Å². The number of ether oxygens (including phenoxy) is 2. The topological polar surface area (TPSA) is 84.9 Å². The summed E-state index contributed by atoms with van der Waals surface area (Å²) in [6.07, 6.45) is -2.41. The van der Waals surface area contributed by atoms with Gasteiger partial charge in [0.2, 0.25) is 0 Å². The Morgan fingerprint density at radius 1 is 1.58 bits per heavy atom. The van der Waals surface area contributed by atoms with Crippen LogP contribution in [0.5, 0.6) is 0 Å². The Hall–Kier alpha value is -0.200. The largest absolute Gasteiger partial charge is 0.390 e. The lowest BCUT2D eigenvalue weighted by molar-refractivity contribution is -0.239. The normalized spacial score (nSPS) is 43.0. The summed E-state index contributed by atoms with van der Waals surface area (Å²) >= 11 is 0. The van der Waals surface area contributed by atoms with Crippen LogP contribution in [-0.4, -0.2) is 48.5 Å². The highest BCUT2D eigenvalue weighted by atomic mass is 16.7. The van der Waals surface area contributed by atoms with Gasteiger partial charge in [-0.1, -0.05) is 0 Å². The van der Waals surface area contributed by atoms with Gasteiger partial charge in [-0.15, -0.1) is 0 Å². The fraction of sp³-hybridized carbons (Fsp3) is 1.00. The molecule has 0 unspecified atom stereocenters. The molecule has 12 heavy (non-hydrogen) atoms. The van der Waals surface area contributed by atoms with Crippen LogP contribution in [0.3, 0.4) is 0 Å². The van der Waals surface area contributed by atoms with E-state index in [2.05, 4.69) is 0 Å². The van der Waals surface area contributed by atoms with Crippen LogP contribution in [0.15, 0.2) is 0 Å². The summed E-state index contributed by atoms with van der Waals surface area (Å²) in [5, 5.41) is 18.7. The maximum Gasteiger partial charge on any atom is 0.160 e. The molecule has 0 amide bonds. The minimum Gasteiger partial charge on any atom is -0.390 e. The second-order valence-corrected chi connectivity index (χ2v) is 2.87. The third-order valence-corrected chi connectivity index (χ3v) is 2.03. The van der Waals surface area contributed by atoms with Crippen LogP contribution in [0.2, 0.25) is 0 Å². The Bertz CT molecular complexity index is 143. The highest BCUT2D eigenvalue weighted by Gasteiger charge is 2.35. The molecule has 0 radical (unpaired) electrons. The van der Waals surface area contributed by atoms with E-state index in [1.54, 1.807) is 0 Å². The van der Waals surface area contributed by atoms with E-state index in [4.69, 9.17) is 15.2 Å². The molecule has 0 saturated carbocycles. The van der Waals surface area contributed by atoms with Crippen molar-refractivity contribution in [3.63, 3.8) is 0 Å². The van der Waals surface area contributed by atoms with Crippen LogP contribution in [0.4, 0.5) is 0 Å². The fourth-order valence-electron chi connectivity index (χ4n) is 1.26. The third kappa shape index (κ3) is 1.94. The van der Waals surface area contributed by atoms with Crippen LogP contribution in [0.1, 0.15) is 6.42 Å². The van der Waals surface area contributed by atoms with E-state index in [1.165, 1.54) is 7.11 Å². The van der Waals surface area contributed by atoms with Gasteiger partial charge in [0.05, 0.1) is 6.10 Å². The van der Waals surface area contributed by atoms with E-state index >= 15 is 0 Å². The molecule has 0 aromatic carbocycles. The van der Waals surface area contributed by atoms with Crippen molar-refractivity contribution in [2.75, 3.05) is 13.7 Å². The van der Waals surface area contributed by atoms with E-state index in [9.17, 15) is 10.2 Å². The van der Waals surface area contributed by atoms with Crippen LogP contribution in [0, 0.1) is 0 Å². The first kappa shape index (κ1) is 9.88. The van der Waals surface area contributed by atoms with Gasteiger partial charge in [-0.2, -0.15) is 0 Å². The summed E-state index contributed by atoms with van der Waals surface area (Å²) in [5.74, 6) is 0. The molecular weight excluding hydrogens is 162 g/mol. The van der Waals surface area contributed by atoms with Crippen molar-refractivity contribution in [3.8, 4) is 0 Å². The number of aliphatic hydroxyl groups is 2. The first-order valence-electron chi connectivity index (χ1n) is 3.93. The summed E-state index contributed by atoms with van der Waals surface area (Å²) in [6.45, 7) is 0.179. The molecule has 0 aromatic heterocycles. The zero-order chi connectivity index (χ0) is 9.14. The van der Waals surface area contributed by atoms with Crippen molar-refractivity contribution < 1.29 is 19.7 Å². The monoisotopic (exact) mass is 177 g/mol. The first-order chi connectivity index (χ1) is 5.69. The second-order valence-electron chi connectivity index (χ2n) is 2.87. The van der Waals surface area contributed by atoms with Gasteiger partial charge in [-0.25, -0.2) is 0 Å². The summed E-state index contributed by atoms with van der Waals surface area (Å²) in [6, 6.07) is 0. The molecule has 1 rings (SSSR count). The number of nitrogens with two attached hydrogens (primary N) is 1. The number of aliphatic hydroxyl groups excluding tert-OH is 2. The van der Waals surface area contributed by atoms with Crippen LogP contribution in [0.25, 0.3) is 0 Å². The highest BCUT2D eigenvalue weighted by molar-refractivity contribution is 4.83. The molecule has 1 saturated heterocycles. The van der Waals surface area contributed by atoms with Gasteiger partial charge in [0.15, 0.2) is 6.29 Å². The van der Waals surface area contributed by atoms with Crippen molar-refractivity contribution in [2.24, 2.45) is 5.73 Å². The van der Waals surface area contributed by atoms with E-state index in [-0.39, 0.29) is 13.0 Å². The molecule has 1 aliphatic rings. The molecule has 5 heteroatoms. The predicted molar refractivity (Wildman–Crippen MR) is 41.4 cm³/mol. The zero-order valence-corrected chi connectivity index (χ0v) is 7.01. The van der Waals surface area contributed by atoms with Gasteiger partial charge in [0.1, 0.15) is 12.2 Å². The summed E-state index contributed by atoms with van der Waals surface area (Å²) in [5.41, 5.74) is 5.32.